The van der Waals surface area contributed by atoms with E-state index in [0.717, 1.165) is 11.3 Å². The Morgan fingerprint density at radius 2 is 1.63 bits per heavy atom. The number of nitrogens with one attached hydrogen (secondary N) is 1. The predicted molar refractivity (Wildman–Crippen MR) is 80.8 cm³/mol. The maximum absolute atomic E-state index is 9.43. The highest BCUT2D eigenvalue weighted by molar-refractivity contribution is 5.54. The first-order valence-electron chi connectivity index (χ1n) is 6.60. The Labute approximate surface area is 115 Å². The maximum Gasteiger partial charge on any atom is 0.115 e. The van der Waals surface area contributed by atoms with Crippen LogP contribution in [0.5, 0.6) is 5.75 Å². The number of hydrogen-bond donors (Lipinski definition) is 2. The van der Waals surface area contributed by atoms with Gasteiger partial charge in [0.15, 0.2) is 0 Å². The van der Waals surface area contributed by atoms with E-state index in [1.165, 1.54) is 16.7 Å². The zero-order valence-corrected chi connectivity index (χ0v) is 12.0. The summed E-state index contributed by atoms with van der Waals surface area (Å²) in [5.74, 6) is 0.307. The van der Waals surface area contributed by atoms with Crippen LogP contribution in [0.1, 0.15) is 35.2 Å². The number of hydrogen-bond acceptors (Lipinski definition) is 2. The van der Waals surface area contributed by atoms with Gasteiger partial charge in [0.25, 0.3) is 0 Å². The van der Waals surface area contributed by atoms with Crippen LogP contribution < -0.4 is 5.32 Å². The van der Waals surface area contributed by atoms with Crippen molar-refractivity contribution in [2.24, 2.45) is 0 Å². The lowest BCUT2D eigenvalue weighted by atomic mass is 10.0. The minimum absolute atomic E-state index is 0.238. The van der Waals surface area contributed by atoms with E-state index in [-0.39, 0.29) is 6.04 Å². The van der Waals surface area contributed by atoms with Crippen molar-refractivity contribution in [1.29, 1.82) is 0 Å². The molecule has 2 heteroatoms. The smallest absolute Gasteiger partial charge is 0.115 e. The van der Waals surface area contributed by atoms with Crippen molar-refractivity contribution in [3.05, 3.63) is 58.7 Å². The molecule has 1 unspecified atom stereocenters. The van der Waals surface area contributed by atoms with Crippen LogP contribution in [0.15, 0.2) is 36.4 Å². The van der Waals surface area contributed by atoms with Crippen molar-refractivity contribution in [3.63, 3.8) is 0 Å². The first-order chi connectivity index (χ1) is 8.97. The van der Waals surface area contributed by atoms with Crippen LogP contribution in [-0.2, 0) is 0 Å². The molecule has 0 aliphatic heterocycles. The molecule has 0 saturated heterocycles. The van der Waals surface area contributed by atoms with Gasteiger partial charge in [0, 0.05) is 11.7 Å². The predicted octanol–water partition coefficient (Wildman–Crippen LogP) is 4.49. The van der Waals surface area contributed by atoms with Gasteiger partial charge in [-0.2, -0.15) is 0 Å². The number of aromatic hydroxyl groups is 1. The highest BCUT2D eigenvalue weighted by Gasteiger charge is 2.08. The summed E-state index contributed by atoms with van der Waals surface area (Å²) < 4.78 is 0. The number of phenols is 1. The van der Waals surface area contributed by atoms with E-state index in [4.69, 9.17) is 0 Å². The molecule has 2 rings (SSSR count). The molecule has 2 N–H and O–H groups in total. The van der Waals surface area contributed by atoms with Crippen LogP contribution >= 0.6 is 0 Å². The van der Waals surface area contributed by atoms with Crippen LogP contribution in [0.4, 0.5) is 5.69 Å². The summed E-state index contributed by atoms with van der Waals surface area (Å²) in [7, 11) is 0. The summed E-state index contributed by atoms with van der Waals surface area (Å²) in [5, 5.41) is 12.9. The lowest BCUT2D eigenvalue weighted by Crippen LogP contribution is -2.08. The molecule has 0 aromatic heterocycles. The van der Waals surface area contributed by atoms with E-state index >= 15 is 0 Å². The standard InChI is InChI=1S/C17H21NO/c1-11-5-6-15(9-12(11)2)14(4)18-17-8-7-16(19)10-13(17)3/h5-10,14,18-19H,1-4H3. The van der Waals surface area contributed by atoms with Gasteiger partial charge in [-0.1, -0.05) is 18.2 Å². The summed E-state index contributed by atoms with van der Waals surface area (Å²) in [6.45, 7) is 8.41. The molecule has 1 atom stereocenters. The Balaban J connectivity index is 2.20. The van der Waals surface area contributed by atoms with E-state index in [1.807, 2.05) is 13.0 Å². The maximum atomic E-state index is 9.43. The van der Waals surface area contributed by atoms with Gasteiger partial charge in [0.05, 0.1) is 0 Å². The molecule has 0 aliphatic rings. The number of benzene rings is 2. The van der Waals surface area contributed by atoms with Crippen molar-refractivity contribution in [2.45, 2.75) is 33.7 Å². The zero-order chi connectivity index (χ0) is 14.0. The third-order valence-electron chi connectivity index (χ3n) is 3.61. The second-order valence-electron chi connectivity index (χ2n) is 5.21. The molecule has 0 spiro atoms. The molecule has 0 amide bonds. The van der Waals surface area contributed by atoms with E-state index in [9.17, 15) is 5.11 Å². The number of anilines is 1. The van der Waals surface area contributed by atoms with Crippen molar-refractivity contribution in [2.75, 3.05) is 5.32 Å². The molecule has 0 radical (unpaired) electrons. The van der Waals surface area contributed by atoms with Crippen LogP contribution in [0, 0.1) is 20.8 Å². The first-order valence-corrected chi connectivity index (χ1v) is 6.60. The Hall–Kier alpha value is -1.96. The molecule has 100 valence electrons. The first kappa shape index (κ1) is 13.5. The SMILES string of the molecule is Cc1ccc(C(C)Nc2ccc(O)cc2C)cc1C. The third kappa shape index (κ3) is 3.08. The Kier molecular flexibility index (Phi) is 3.79. The van der Waals surface area contributed by atoms with Gasteiger partial charge in [0.2, 0.25) is 0 Å². The van der Waals surface area contributed by atoms with Gasteiger partial charge in [-0.25, -0.2) is 0 Å². The average molecular weight is 255 g/mol. The van der Waals surface area contributed by atoms with Crippen LogP contribution in [-0.4, -0.2) is 5.11 Å². The summed E-state index contributed by atoms with van der Waals surface area (Å²) in [6.07, 6.45) is 0. The second-order valence-corrected chi connectivity index (χ2v) is 5.21. The quantitative estimate of drug-likeness (QED) is 0.792. The molecule has 2 aromatic carbocycles. The van der Waals surface area contributed by atoms with E-state index < -0.39 is 0 Å². The summed E-state index contributed by atoms with van der Waals surface area (Å²) >= 11 is 0. The normalized spacial score (nSPS) is 12.2. The molecule has 0 saturated carbocycles. The number of rotatable bonds is 3. The molecular weight excluding hydrogens is 234 g/mol. The lowest BCUT2D eigenvalue weighted by Gasteiger charge is -2.18. The zero-order valence-electron chi connectivity index (χ0n) is 12.0. The van der Waals surface area contributed by atoms with Crippen molar-refractivity contribution >= 4 is 5.69 Å². The Morgan fingerprint density at radius 3 is 2.26 bits per heavy atom. The molecule has 0 aliphatic carbocycles. The summed E-state index contributed by atoms with van der Waals surface area (Å²) in [4.78, 5) is 0. The van der Waals surface area contributed by atoms with E-state index in [0.29, 0.717) is 5.75 Å². The fourth-order valence-corrected chi connectivity index (χ4v) is 2.16. The number of aryl methyl sites for hydroxylation is 3. The lowest BCUT2D eigenvalue weighted by molar-refractivity contribution is 0.475. The fourth-order valence-electron chi connectivity index (χ4n) is 2.16. The minimum Gasteiger partial charge on any atom is -0.508 e. The van der Waals surface area contributed by atoms with Gasteiger partial charge < -0.3 is 10.4 Å². The molecule has 0 heterocycles. The molecule has 2 aromatic rings. The molecular formula is C17H21NO. The van der Waals surface area contributed by atoms with Crippen LogP contribution in [0.25, 0.3) is 0 Å². The monoisotopic (exact) mass is 255 g/mol. The Morgan fingerprint density at radius 1 is 0.895 bits per heavy atom. The van der Waals surface area contributed by atoms with Crippen molar-refractivity contribution in [3.8, 4) is 5.75 Å². The van der Waals surface area contributed by atoms with E-state index in [1.54, 1.807) is 12.1 Å². The summed E-state index contributed by atoms with van der Waals surface area (Å²) in [6, 6.07) is 12.2. The molecule has 0 fully saturated rings. The minimum atomic E-state index is 0.238. The third-order valence-corrected chi connectivity index (χ3v) is 3.61. The fraction of sp³-hybridized carbons (Fsp3) is 0.294. The van der Waals surface area contributed by atoms with E-state index in [2.05, 4.69) is 44.3 Å². The highest BCUT2D eigenvalue weighted by Crippen LogP contribution is 2.25. The van der Waals surface area contributed by atoms with Crippen molar-refractivity contribution in [1.82, 2.24) is 0 Å². The molecule has 2 nitrogen and oxygen atoms in total. The molecule has 19 heavy (non-hydrogen) atoms. The largest absolute Gasteiger partial charge is 0.508 e. The summed E-state index contributed by atoms with van der Waals surface area (Å²) in [5.41, 5.74) is 6.01. The van der Waals surface area contributed by atoms with Gasteiger partial charge in [-0.15, -0.1) is 0 Å². The van der Waals surface area contributed by atoms with Gasteiger partial charge >= 0.3 is 0 Å². The average Bonchev–Trinajstić information content (AvgIpc) is 2.36. The topological polar surface area (TPSA) is 32.3 Å². The van der Waals surface area contributed by atoms with Gasteiger partial charge in [-0.05, 0) is 68.1 Å². The number of phenolic OH excluding ortho intramolecular Hbond substituents is 1. The Bertz CT molecular complexity index is 590. The van der Waals surface area contributed by atoms with Crippen LogP contribution in [0.2, 0.25) is 0 Å². The van der Waals surface area contributed by atoms with Crippen LogP contribution in [0.3, 0.4) is 0 Å². The highest BCUT2D eigenvalue weighted by atomic mass is 16.3. The van der Waals surface area contributed by atoms with Gasteiger partial charge in [0.1, 0.15) is 5.75 Å². The van der Waals surface area contributed by atoms with Gasteiger partial charge in [-0.3, -0.25) is 0 Å². The molecule has 0 bridgehead atoms. The van der Waals surface area contributed by atoms with Crippen molar-refractivity contribution < 1.29 is 5.11 Å². The second kappa shape index (κ2) is 5.35.